The number of halogens is 1. The maximum Gasteiger partial charge on any atom is 0.241 e. The van der Waals surface area contributed by atoms with E-state index in [1.807, 2.05) is 12.1 Å². The molecule has 0 fully saturated rings. The molecule has 0 aliphatic rings. The molecule has 0 amide bonds. The van der Waals surface area contributed by atoms with Gasteiger partial charge < -0.3 is 5.32 Å². The number of hydrogen-bond donors (Lipinski definition) is 2. The van der Waals surface area contributed by atoms with Crippen LogP contribution < -0.4 is 10.0 Å². The van der Waals surface area contributed by atoms with Crippen molar-refractivity contribution in [3.8, 4) is 0 Å². The zero-order valence-corrected chi connectivity index (χ0v) is 14.1. The van der Waals surface area contributed by atoms with E-state index in [1.165, 1.54) is 11.3 Å². The van der Waals surface area contributed by atoms with E-state index < -0.39 is 10.0 Å². The molecule has 0 radical (unpaired) electrons. The van der Waals surface area contributed by atoms with Crippen LogP contribution in [0.1, 0.15) is 23.4 Å². The Hall–Kier alpha value is -0.920. The van der Waals surface area contributed by atoms with Gasteiger partial charge in [0.15, 0.2) is 0 Å². The molecule has 4 nitrogen and oxygen atoms in total. The molecule has 0 saturated carbocycles. The molecule has 1 aromatic heterocycles. The summed E-state index contributed by atoms with van der Waals surface area (Å²) < 4.78 is 28.4. The van der Waals surface area contributed by atoms with Gasteiger partial charge in [-0.1, -0.05) is 29.8 Å². The summed E-state index contributed by atoms with van der Waals surface area (Å²) in [5.41, 5.74) is 0.740. The van der Waals surface area contributed by atoms with E-state index in [2.05, 4.69) is 10.0 Å². The lowest BCUT2D eigenvalue weighted by Crippen LogP contribution is -2.27. The monoisotopic (exact) mass is 344 g/mol. The van der Waals surface area contributed by atoms with Crippen LogP contribution >= 0.6 is 22.9 Å². The lowest BCUT2D eigenvalue weighted by molar-refractivity contribution is 0.566. The molecule has 2 N–H and O–H groups in total. The summed E-state index contributed by atoms with van der Waals surface area (Å²) >= 11 is 7.26. The third-order valence-electron chi connectivity index (χ3n) is 2.98. The third kappa shape index (κ3) is 4.05. The highest BCUT2D eigenvalue weighted by Crippen LogP contribution is 2.28. The fourth-order valence-electron chi connectivity index (χ4n) is 2.02. The standard InChI is InChI=1S/C14H17ClN2O2S2/c1-10(12-7-8-14(15)20-12)17-21(18,19)13-6-4-3-5-11(13)9-16-2/h3-8,10,16-17H,9H2,1-2H3. The Bertz CT molecular complexity index is 713. The molecule has 0 saturated heterocycles. The van der Waals surface area contributed by atoms with Crippen LogP contribution in [0.25, 0.3) is 0 Å². The summed E-state index contributed by atoms with van der Waals surface area (Å²) in [5, 5.41) is 2.98. The van der Waals surface area contributed by atoms with E-state index in [0.717, 1.165) is 10.4 Å². The molecule has 0 bridgehead atoms. The second-order valence-electron chi connectivity index (χ2n) is 4.62. The fourth-order valence-corrected chi connectivity index (χ4v) is 4.62. The first kappa shape index (κ1) is 16.5. The van der Waals surface area contributed by atoms with Crippen LogP contribution in [0.4, 0.5) is 0 Å². The molecule has 7 heteroatoms. The van der Waals surface area contributed by atoms with Crippen LogP contribution in [0.3, 0.4) is 0 Å². The summed E-state index contributed by atoms with van der Waals surface area (Å²) in [7, 11) is -1.79. The zero-order valence-electron chi connectivity index (χ0n) is 11.8. The SMILES string of the molecule is CNCc1ccccc1S(=O)(=O)NC(C)c1ccc(Cl)s1. The van der Waals surface area contributed by atoms with Crippen molar-refractivity contribution < 1.29 is 8.42 Å². The van der Waals surface area contributed by atoms with E-state index in [0.29, 0.717) is 15.8 Å². The quantitative estimate of drug-likeness (QED) is 0.846. The zero-order chi connectivity index (χ0) is 15.5. The molecular weight excluding hydrogens is 328 g/mol. The number of rotatable bonds is 6. The van der Waals surface area contributed by atoms with Crippen molar-refractivity contribution in [2.24, 2.45) is 0 Å². The van der Waals surface area contributed by atoms with Gasteiger partial charge >= 0.3 is 0 Å². The highest BCUT2D eigenvalue weighted by Gasteiger charge is 2.21. The number of sulfonamides is 1. The number of benzene rings is 1. The van der Waals surface area contributed by atoms with E-state index in [1.54, 1.807) is 38.2 Å². The summed E-state index contributed by atoms with van der Waals surface area (Å²) in [4.78, 5) is 1.18. The molecule has 1 unspecified atom stereocenters. The van der Waals surface area contributed by atoms with E-state index >= 15 is 0 Å². The van der Waals surface area contributed by atoms with E-state index in [9.17, 15) is 8.42 Å². The van der Waals surface area contributed by atoms with Crippen molar-refractivity contribution in [3.05, 3.63) is 51.2 Å². The van der Waals surface area contributed by atoms with Gasteiger partial charge in [0.05, 0.1) is 15.3 Å². The van der Waals surface area contributed by atoms with Crippen molar-refractivity contribution in [1.82, 2.24) is 10.0 Å². The smallest absolute Gasteiger partial charge is 0.241 e. The van der Waals surface area contributed by atoms with Gasteiger partial charge in [-0.05, 0) is 37.7 Å². The lowest BCUT2D eigenvalue weighted by atomic mass is 10.2. The predicted octanol–water partition coefficient (Wildman–Crippen LogP) is 3.16. The molecule has 2 aromatic rings. The molecule has 1 aromatic carbocycles. The number of hydrogen-bond acceptors (Lipinski definition) is 4. The van der Waals surface area contributed by atoms with Crippen LogP contribution in [-0.2, 0) is 16.6 Å². The van der Waals surface area contributed by atoms with Crippen molar-refractivity contribution in [2.75, 3.05) is 7.05 Å². The number of thiophene rings is 1. The van der Waals surface area contributed by atoms with Gasteiger partial charge in [0.1, 0.15) is 0 Å². The summed E-state index contributed by atoms with van der Waals surface area (Å²) in [6.07, 6.45) is 0. The first-order chi connectivity index (χ1) is 9.94. The highest BCUT2D eigenvalue weighted by molar-refractivity contribution is 7.89. The first-order valence-electron chi connectivity index (χ1n) is 6.44. The average Bonchev–Trinajstić information content (AvgIpc) is 2.86. The molecule has 114 valence electrons. The molecule has 21 heavy (non-hydrogen) atoms. The summed E-state index contributed by atoms with van der Waals surface area (Å²) in [5.74, 6) is 0. The van der Waals surface area contributed by atoms with Gasteiger partial charge in [-0.3, -0.25) is 0 Å². The maximum absolute atomic E-state index is 12.6. The lowest BCUT2D eigenvalue weighted by Gasteiger charge is -2.15. The minimum absolute atomic E-state index is 0.300. The fraction of sp³-hybridized carbons (Fsp3) is 0.286. The van der Waals surface area contributed by atoms with Gasteiger partial charge in [-0.15, -0.1) is 11.3 Å². The highest BCUT2D eigenvalue weighted by atomic mass is 35.5. The minimum atomic E-state index is -3.58. The van der Waals surface area contributed by atoms with Gasteiger partial charge in [0.25, 0.3) is 0 Å². The largest absolute Gasteiger partial charge is 0.316 e. The van der Waals surface area contributed by atoms with Crippen molar-refractivity contribution in [2.45, 2.75) is 24.4 Å². The Morgan fingerprint density at radius 3 is 2.57 bits per heavy atom. The van der Waals surface area contributed by atoms with Gasteiger partial charge in [-0.2, -0.15) is 0 Å². The Kier molecular flexibility index (Phi) is 5.40. The Morgan fingerprint density at radius 2 is 1.95 bits per heavy atom. The van der Waals surface area contributed by atoms with Crippen molar-refractivity contribution in [1.29, 1.82) is 0 Å². The second-order valence-corrected chi connectivity index (χ2v) is 8.05. The van der Waals surface area contributed by atoms with Crippen molar-refractivity contribution in [3.63, 3.8) is 0 Å². The Morgan fingerprint density at radius 1 is 1.24 bits per heavy atom. The molecule has 2 rings (SSSR count). The van der Waals surface area contributed by atoms with Crippen molar-refractivity contribution >= 4 is 33.0 Å². The molecular formula is C14H17ClN2O2S2. The van der Waals surface area contributed by atoms with Crippen LogP contribution in [0.2, 0.25) is 4.34 Å². The van der Waals surface area contributed by atoms with Crippen LogP contribution in [-0.4, -0.2) is 15.5 Å². The van der Waals surface area contributed by atoms with Gasteiger partial charge in [0.2, 0.25) is 10.0 Å². The maximum atomic E-state index is 12.6. The van der Waals surface area contributed by atoms with Crippen LogP contribution in [0, 0.1) is 0 Å². The second kappa shape index (κ2) is 6.89. The Balaban J connectivity index is 2.26. The predicted molar refractivity (Wildman–Crippen MR) is 87.3 cm³/mol. The third-order valence-corrected chi connectivity index (χ3v) is 6.04. The van der Waals surface area contributed by atoms with E-state index in [-0.39, 0.29) is 6.04 Å². The normalized spacial score (nSPS) is 13.3. The summed E-state index contributed by atoms with van der Waals surface area (Å²) in [6, 6.07) is 10.2. The first-order valence-corrected chi connectivity index (χ1v) is 9.12. The number of nitrogens with one attached hydrogen (secondary N) is 2. The average molecular weight is 345 g/mol. The molecule has 0 spiro atoms. The molecule has 0 aliphatic carbocycles. The Labute approximate surface area is 134 Å². The molecule has 1 heterocycles. The van der Waals surface area contributed by atoms with Gasteiger partial charge in [0, 0.05) is 11.4 Å². The molecule has 1 atom stereocenters. The minimum Gasteiger partial charge on any atom is -0.316 e. The van der Waals surface area contributed by atoms with Crippen LogP contribution in [0.5, 0.6) is 0 Å². The topological polar surface area (TPSA) is 58.2 Å². The van der Waals surface area contributed by atoms with E-state index in [4.69, 9.17) is 11.6 Å². The van der Waals surface area contributed by atoms with Gasteiger partial charge in [-0.25, -0.2) is 13.1 Å². The summed E-state index contributed by atoms with van der Waals surface area (Å²) in [6.45, 7) is 2.30. The van der Waals surface area contributed by atoms with Crippen LogP contribution in [0.15, 0.2) is 41.3 Å². The molecule has 0 aliphatic heterocycles.